The van der Waals surface area contributed by atoms with Crippen LogP contribution in [0.4, 0.5) is 5.69 Å². The van der Waals surface area contributed by atoms with Crippen molar-refractivity contribution in [2.45, 2.75) is 25.4 Å². The molecule has 0 radical (unpaired) electrons. The Morgan fingerprint density at radius 2 is 1.82 bits per heavy atom. The van der Waals surface area contributed by atoms with E-state index in [-0.39, 0.29) is 24.4 Å². The van der Waals surface area contributed by atoms with E-state index in [2.05, 4.69) is 15.6 Å². The number of anilines is 1. The van der Waals surface area contributed by atoms with Gasteiger partial charge in [0, 0.05) is 30.4 Å². The van der Waals surface area contributed by atoms with E-state index < -0.39 is 5.97 Å². The fourth-order valence-corrected chi connectivity index (χ4v) is 4.92. The minimum atomic E-state index is -0.396. The summed E-state index contributed by atoms with van der Waals surface area (Å²) >= 11 is 5.71. The highest BCUT2D eigenvalue weighted by atomic mass is 32.1. The van der Waals surface area contributed by atoms with Crippen molar-refractivity contribution >= 4 is 34.9 Å². The number of furan rings is 1. The second-order valence-corrected chi connectivity index (χ2v) is 9.64. The van der Waals surface area contributed by atoms with Crippen molar-refractivity contribution in [3.8, 4) is 11.3 Å². The maximum atomic E-state index is 12.8. The Balaban J connectivity index is 1.38. The lowest BCUT2D eigenvalue weighted by Crippen LogP contribution is -2.32. The summed E-state index contributed by atoms with van der Waals surface area (Å²) in [4.78, 5) is 31.1. The summed E-state index contributed by atoms with van der Waals surface area (Å²) < 4.78 is 11.1. The van der Waals surface area contributed by atoms with Gasteiger partial charge in [0.05, 0.1) is 24.4 Å². The Labute approximate surface area is 232 Å². The molecular formula is C30H28N4O4S. The van der Waals surface area contributed by atoms with E-state index in [0.29, 0.717) is 28.7 Å². The number of thiocarbonyl (C=S) groups is 1. The first-order valence-electron chi connectivity index (χ1n) is 12.6. The van der Waals surface area contributed by atoms with Gasteiger partial charge in [-0.3, -0.25) is 9.78 Å². The first-order chi connectivity index (χ1) is 18.9. The van der Waals surface area contributed by atoms with Crippen LogP contribution < -0.4 is 10.6 Å². The molecule has 4 aromatic rings. The molecule has 0 bridgehead atoms. The van der Waals surface area contributed by atoms with Gasteiger partial charge in [0.1, 0.15) is 17.6 Å². The second kappa shape index (κ2) is 11.5. The summed E-state index contributed by atoms with van der Waals surface area (Å²) in [6.45, 7) is 2.39. The predicted octanol–water partition coefficient (Wildman–Crippen LogP) is 5.44. The summed E-state index contributed by atoms with van der Waals surface area (Å²) in [6, 6.07) is 23.7. The predicted molar refractivity (Wildman–Crippen MR) is 152 cm³/mol. The molecule has 198 valence electrons. The third-order valence-electron chi connectivity index (χ3n) is 6.62. The minimum absolute atomic E-state index is 0.104. The topological polar surface area (TPSA) is 96.7 Å². The molecule has 0 aliphatic carbocycles. The van der Waals surface area contributed by atoms with Crippen LogP contribution in [0, 0.1) is 6.92 Å². The van der Waals surface area contributed by atoms with Gasteiger partial charge < -0.3 is 24.7 Å². The normalized spacial score (nSPS) is 16.6. The molecule has 2 aromatic carbocycles. The van der Waals surface area contributed by atoms with Crippen molar-refractivity contribution < 1.29 is 18.7 Å². The van der Waals surface area contributed by atoms with Gasteiger partial charge in [-0.1, -0.05) is 35.9 Å². The number of carbonyl (C=O) groups is 2. The van der Waals surface area contributed by atoms with Crippen LogP contribution in [0.25, 0.3) is 11.3 Å². The Morgan fingerprint density at radius 1 is 1.05 bits per heavy atom. The number of hydrogen-bond acceptors (Lipinski definition) is 6. The maximum absolute atomic E-state index is 12.8. The monoisotopic (exact) mass is 540 g/mol. The molecule has 0 unspecified atom stereocenters. The third kappa shape index (κ3) is 5.83. The maximum Gasteiger partial charge on any atom is 0.337 e. The number of aromatic nitrogens is 1. The lowest BCUT2D eigenvalue weighted by molar-refractivity contribution is -0.116. The molecule has 9 heteroatoms. The number of nitrogens with one attached hydrogen (secondary N) is 2. The highest BCUT2D eigenvalue weighted by Gasteiger charge is 2.41. The van der Waals surface area contributed by atoms with Gasteiger partial charge in [-0.25, -0.2) is 4.79 Å². The van der Waals surface area contributed by atoms with E-state index >= 15 is 0 Å². The van der Waals surface area contributed by atoms with Crippen molar-refractivity contribution in [3.63, 3.8) is 0 Å². The molecule has 2 atom stereocenters. The zero-order valence-electron chi connectivity index (χ0n) is 21.6. The van der Waals surface area contributed by atoms with E-state index in [1.54, 1.807) is 18.3 Å². The molecule has 2 N–H and O–H groups in total. The van der Waals surface area contributed by atoms with Crippen molar-refractivity contribution in [1.82, 2.24) is 15.2 Å². The fourth-order valence-electron chi connectivity index (χ4n) is 4.59. The molecule has 1 fully saturated rings. The molecular weight excluding hydrogens is 512 g/mol. The van der Waals surface area contributed by atoms with Crippen LogP contribution in [0.15, 0.2) is 89.5 Å². The van der Waals surface area contributed by atoms with Gasteiger partial charge in [0.15, 0.2) is 5.11 Å². The number of rotatable bonds is 8. The molecule has 39 heavy (non-hydrogen) atoms. The van der Waals surface area contributed by atoms with Gasteiger partial charge in [0.25, 0.3) is 0 Å². The molecule has 0 spiro atoms. The first kappa shape index (κ1) is 26.1. The van der Waals surface area contributed by atoms with Crippen LogP contribution in [0.3, 0.4) is 0 Å². The smallest absolute Gasteiger partial charge is 0.337 e. The molecule has 1 aliphatic rings. The zero-order chi connectivity index (χ0) is 27.4. The van der Waals surface area contributed by atoms with Gasteiger partial charge in [-0.05, 0) is 67.7 Å². The number of hydrogen-bond donors (Lipinski definition) is 2. The molecule has 1 aliphatic heterocycles. The number of amides is 1. The minimum Gasteiger partial charge on any atom is -0.465 e. The number of nitrogens with zero attached hydrogens (tertiary/aromatic N) is 2. The zero-order valence-corrected chi connectivity index (χ0v) is 22.4. The number of benzene rings is 2. The third-order valence-corrected chi connectivity index (χ3v) is 6.97. The Bertz CT molecular complexity index is 1470. The van der Waals surface area contributed by atoms with Gasteiger partial charge in [-0.15, -0.1) is 0 Å². The molecule has 1 saturated heterocycles. The largest absolute Gasteiger partial charge is 0.465 e. The Kier molecular flexibility index (Phi) is 7.69. The van der Waals surface area contributed by atoms with Gasteiger partial charge >= 0.3 is 5.97 Å². The average Bonchev–Trinajstić information content (AvgIpc) is 3.58. The van der Waals surface area contributed by atoms with Crippen molar-refractivity contribution in [3.05, 3.63) is 108 Å². The van der Waals surface area contributed by atoms with Crippen LogP contribution in [0.5, 0.6) is 0 Å². The number of methoxy groups -OCH3 is 1. The molecule has 8 nitrogen and oxygen atoms in total. The van der Waals surface area contributed by atoms with Crippen LogP contribution in [-0.2, 0) is 9.53 Å². The van der Waals surface area contributed by atoms with Crippen molar-refractivity contribution in [2.24, 2.45) is 0 Å². The Hall–Kier alpha value is -4.50. The first-order valence-corrected chi connectivity index (χ1v) is 13.0. The molecule has 0 saturated carbocycles. The lowest BCUT2D eigenvalue weighted by Gasteiger charge is -2.25. The van der Waals surface area contributed by atoms with Gasteiger partial charge in [0.2, 0.25) is 5.91 Å². The van der Waals surface area contributed by atoms with Gasteiger partial charge in [-0.2, -0.15) is 0 Å². The van der Waals surface area contributed by atoms with E-state index in [1.807, 2.05) is 78.6 Å². The Morgan fingerprint density at radius 3 is 2.51 bits per heavy atom. The lowest BCUT2D eigenvalue weighted by atomic mass is 10.0. The summed E-state index contributed by atoms with van der Waals surface area (Å²) in [6.07, 6.45) is 1.98. The van der Waals surface area contributed by atoms with E-state index in [9.17, 15) is 9.59 Å². The van der Waals surface area contributed by atoms with E-state index in [4.69, 9.17) is 21.4 Å². The van der Waals surface area contributed by atoms with E-state index in [1.165, 1.54) is 7.11 Å². The van der Waals surface area contributed by atoms with Crippen molar-refractivity contribution in [1.29, 1.82) is 0 Å². The quantitative estimate of drug-likeness (QED) is 0.225. The number of ether oxygens (including phenoxy) is 1. The average molecular weight is 541 g/mol. The number of esters is 1. The summed E-state index contributed by atoms with van der Waals surface area (Å²) in [5, 5.41) is 6.85. The summed E-state index contributed by atoms with van der Waals surface area (Å²) in [5.74, 6) is 0.833. The molecule has 5 rings (SSSR count). The number of pyridine rings is 1. The number of aryl methyl sites for hydroxylation is 1. The molecule has 1 amide bonds. The molecule has 2 aromatic heterocycles. The number of carbonyl (C=O) groups excluding carboxylic acids is 2. The fraction of sp³-hybridized carbons (Fsp3) is 0.200. The van der Waals surface area contributed by atoms with Crippen LogP contribution in [-0.4, -0.2) is 40.5 Å². The summed E-state index contributed by atoms with van der Waals surface area (Å²) in [5.41, 5.74) is 3.98. The SMILES string of the molecule is COC(=O)c1ccc(-c2ccc([C@@H]3[C@@H](c4ccccn4)NC(=S)N3CCC(=O)Nc3ccc(C)cc3)o2)cc1. The van der Waals surface area contributed by atoms with Crippen LogP contribution in [0.2, 0.25) is 0 Å². The van der Waals surface area contributed by atoms with Crippen LogP contribution in [0.1, 0.15) is 45.9 Å². The van der Waals surface area contributed by atoms with Crippen molar-refractivity contribution in [2.75, 3.05) is 19.0 Å². The highest BCUT2D eigenvalue weighted by Crippen LogP contribution is 2.40. The summed E-state index contributed by atoms with van der Waals surface area (Å²) in [7, 11) is 1.35. The molecule has 3 heterocycles. The van der Waals surface area contributed by atoms with E-state index in [0.717, 1.165) is 22.5 Å². The van der Waals surface area contributed by atoms with Crippen LogP contribution >= 0.6 is 12.2 Å². The standard InChI is InChI=1S/C30H28N4O4S/c1-19-6-12-22(13-7-19)32-26(35)16-18-34-28(27(33-30(34)39)23-5-3-4-17-31-23)25-15-14-24(38-25)20-8-10-21(11-9-20)29(36)37-2/h3-15,17,27-28H,16,18H2,1-2H3,(H,32,35)(H,33,39)/t27-,28-/m1/s1. The second-order valence-electron chi connectivity index (χ2n) is 9.26. The highest BCUT2D eigenvalue weighted by molar-refractivity contribution is 7.80.